The fraction of sp³-hybridized carbons (Fsp3) is 0.633. The molecule has 0 aromatic heterocycles. The Morgan fingerprint density at radius 3 is 2.45 bits per heavy atom. The standard InChI is InChI=1S/C30H42BrN3O5S/c1-5-16-33(21-14-12-20(13-15-21)32(6-2)7-3)28(37)26-30-19-22(31)25(40-30)23(29(38)39-8-4)24(30)27(36)34(26)17-10-9-11-18-35/h5,12-15,22-26,35H,1,6-11,16-19H2,2-4H3/t22?,23-,24-,25-,26?,30?/m0/s1. The van der Waals surface area contributed by atoms with E-state index in [9.17, 15) is 19.5 Å². The molecule has 3 unspecified atom stereocenters. The van der Waals surface area contributed by atoms with Crippen LogP contribution in [0.2, 0.25) is 0 Å². The maximum absolute atomic E-state index is 14.6. The highest BCUT2D eigenvalue weighted by Crippen LogP contribution is 2.68. The predicted molar refractivity (Wildman–Crippen MR) is 164 cm³/mol. The number of ether oxygens (including phenoxy) is 1. The number of anilines is 2. The maximum Gasteiger partial charge on any atom is 0.310 e. The van der Waals surface area contributed by atoms with Gasteiger partial charge < -0.3 is 24.5 Å². The lowest BCUT2D eigenvalue weighted by Crippen LogP contribution is -2.55. The van der Waals surface area contributed by atoms with Crippen molar-refractivity contribution in [3.05, 3.63) is 36.9 Å². The molecule has 3 heterocycles. The number of fused-ring (bicyclic) bond motifs is 1. The van der Waals surface area contributed by atoms with E-state index in [2.05, 4.69) is 41.3 Å². The molecule has 8 nitrogen and oxygen atoms in total. The van der Waals surface area contributed by atoms with Crippen molar-refractivity contribution in [2.45, 2.75) is 67.3 Å². The Labute approximate surface area is 250 Å². The minimum absolute atomic E-state index is 0.00167. The number of halogens is 1. The van der Waals surface area contributed by atoms with E-state index in [0.29, 0.717) is 32.4 Å². The second-order valence-corrected chi connectivity index (χ2v) is 13.4. The molecule has 1 N–H and O–H groups in total. The minimum Gasteiger partial charge on any atom is -0.466 e. The van der Waals surface area contributed by atoms with Crippen LogP contribution in [0.1, 0.15) is 46.5 Å². The first-order chi connectivity index (χ1) is 19.3. The van der Waals surface area contributed by atoms with E-state index < -0.39 is 22.6 Å². The summed E-state index contributed by atoms with van der Waals surface area (Å²) >= 11 is 5.41. The largest absolute Gasteiger partial charge is 0.466 e. The van der Waals surface area contributed by atoms with Crippen molar-refractivity contribution >= 4 is 56.9 Å². The van der Waals surface area contributed by atoms with Gasteiger partial charge in [-0.2, -0.15) is 0 Å². The first kappa shape index (κ1) is 30.9. The zero-order chi connectivity index (χ0) is 29.0. The Bertz CT molecular complexity index is 1080. The molecule has 0 aliphatic carbocycles. The van der Waals surface area contributed by atoms with Crippen molar-refractivity contribution in [1.29, 1.82) is 0 Å². The molecule has 0 saturated carbocycles. The zero-order valence-corrected chi connectivity index (χ0v) is 26.2. The van der Waals surface area contributed by atoms with Crippen LogP contribution < -0.4 is 9.80 Å². The number of likely N-dealkylation sites (tertiary alicyclic amines) is 1. The third-order valence-corrected chi connectivity index (χ3v) is 11.7. The number of aliphatic hydroxyl groups is 1. The predicted octanol–water partition coefficient (Wildman–Crippen LogP) is 4.24. The lowest BCUT2D eigenvalue weighted by molar-refractivity contribution is -0.153. The highest BCUT2D eigenvalue weighted by Gasteiger charge is 2.76. The molecule has 2 bridgehead atoms. The second-order valence-electron chi connectivity index (χ2n) is 10.7. The smallest absolute Gasteiger partial charge is 0.310 e. The summed E-state index contributed by atoms with van der Waals surface area (Å²) in [4.78, 5) is 47.6. The molecule has 3 aliphatic heterocycles. The summed E-state index contributed by atoms with van der Waals surface area (Å²) in [6, 6.07) is 7.26. The van der Waals surface area contributed by atoms with Gasteiger partial charge in [-0.1, -0.05) is 22.0 Å². The number of rotatable bonds is 14. The van der Waals surface area contributed by atoms with Gasteiger partial charge in [-0.15, -0.1) is 18.3 Å². The van der Waals surface area contributed by atoms with E-state index in [1.54, 1.807) is 34.6 Å². The number of amides is 2. The van der Waals surface area contributed by atoms with Crippen LogP contribution in [0.15, 0.2) is 36.9 Å². The molecular formula is C30H42BrN3O5S. The Morgan fingerprint density at radius 1 is 1.18 bits per heavy atom. The molecule has 4 rings (SSSR count). The summed E-state index contributed by atoms with van der Waals surface area (Å²) in [6.45, 7) is 12.7. The average molecular weight is 637 g/mol. The molecule has 10 heteroatoms. The van der Waals surface area contributed by atoms with E-state index in [0.717, 1.165) is 30.9 Å². The van der Waals surface area contributed by atoms with Gasteiger partial charge in [0.25, 0.3) is 5.91 Å². The summed E-state index contributed by atoms with van der Waals surface area (Å²) < 4.78 is 4.72. The van der Waals surface area contributed by atoms with Gasteiger partial charge in [-0.3, -0.25) is 14.4 Å². The highest BCUT2D eigenvalue weighted by molar-refractivity contribution is 9.09. The SMILES string of the molecule is C=CCN(C(=O)C1N(CCCCCO)C(=O)[C@@H]2[C@H](C(=O)OCC)[C@H]3SC12CC3Br)c1ccc(N(CC)CC)cc1. The Hall–Kier alpha value is -2.04. The number of hydrogen-bond donors (Lipinski definition) is 1. The monoisotopic (exact) mass is 635 g/mol. The molecule has 3 aliphatic rings. The van der Waals surface area contributed by atoms with E-state index in [1.165, 1.54) is 0 Å². The first-order valence-corrected chi connectivity index (χ1v) is 16.3. The van der Waals surface area contributed by atoms with Crippen molar-refractivity contribution in [2.24, 2.45) is 11.8 Å². The molecular weight excluding hydrogens is 594 g/mol. The number of aliphatic hydroxyl groups excluding tert-OH is 1. The Kier molecular flexibility index (Phi) is 10.3. The molecule has 3 fully saturated rings. The lowest BCUT2D eigenvalue weighted by Gasteiger charge is -2.38. The number of thioether (sulfide) groups is 1. The number of unbranched alkanes of at least 4 members (excludes halogenated alkanes) is 2. The van der Waals surface area contributed by atoms with Crippen molar-refractivity contribution in [1.82, 2.24) is 4.90 Å². The van der Waals surface area contributed by atoms with E-state index >= 15 is 0 Å². The van der Waals surface area contributed by atoms with Gasteiger partial charge in [-0.05, 0) is 70.7 Å². The molecule has 220 valence electrons. The van der Waals surface area contributed by atoms with Crippen LogP contribution in [0, 0.1) is 11.8 Å². The van der Waals surface area contributed by atoms with Crippen molar-refractivity contribution in [2.75, 3.05) is 49.2 Å². The molecule has 40 heavy (non-hydrogen) atoms. The third-order valence-electron chi connectivity index (χ3n) is 8.51. The number of benzene rings is 1. The van der Waals surface area contributed by atoms with Gasteiger partial charge in [0.15, 0.2) is 0 Å². The maximum atomic E-state index is 14.6. The van der Waals surface area contributed by atoms with Crippen LogP contribution in [-0.2, 0) is 19.1 Å². The van der Waals surface area contributed by atoms with E-state index in [4.69, 9.17) is 4.74 Å². The highest BCUT2D eigenvalue weighted by atomic mass is 79.9. The molecule has 1 aromatic rings. The van der Waals surface area contributed by atoms with Crippen molar-refractivity contribution < 1.29 is 24.2 Å². The molecule has 2 amide bonds. The molecule has 6 atom stereocenters. The fourth-order valence-electron chi connectivity index (χ4n) is 6.76. The minimum atomic E-state index is -0.720. The summed E-state index contributed by atoms with van der Waals surface area (Å²) in [5, 5.41) is 9.15. The third kappa shape index (κ3) is 5.43. The molecule has 1 spiro atoms. The van der Waals surface area contributed by atoms with Gasteiger partial charge in [0.05, 0.1) is 23.2 Å². The number of carbonyl (C=O) groups is 3. The number of carbonyl (C=O) groups excluding carboxylic acids is 3. The number of esters is 1. The van der Waals surface area contributed by atoms with Crippen LogP contribution in [0.5, 0.6) is 0 Å². The van der Waals surface area contributed by atoms with Gasteiger partial charge in [0.2, 0.25) is 5.91 Å². The molecule has 0 radical (unpaired) electrons. The normalized spacial score (nSPS) is 28.5. The van der Waals surface area contributed by atoms with Crippen LogP contribution in [-0.4, -0.2) is 88.0 Å². The van der Waals surface area contributed by atoms with Gasteiger partial charge in [0.1, 0.15) is 6.04 Å². The summed E-state index contributed by atoms with van der Waals surface area (Å²) in [6.07, 6.45) is 4.40. The van der Waals surface area contributed by atoms with Crippen LogP contribution >= 0.6 is 27.7 Å². The lowest BCUT2D eigenvalue weighted by atomic mass is 9.71. The van der Waals surface area contributed by atoms with E-state index in [-0.39, 0.29) is 41.1 Å². The molecule has 1 aromatic carbocycles. The number of nitrogens with zero attached hydrogens (tertiary/aromatic N) is 3. The summed E-state index contributed by atoms with van der Waals surface area (Å²) in [5.74, 6) is -1.82. The van der Waals surface area contributed by atoms with Gasteiger partial charge in [-0.25, -0.2) is 0 Å². The fourth-order valence-corrected chi connectivity index (χ4v) is 10.4. The van der Waals surface area contributed by atoms with Crippen LogP contribution in [0.25, 0.3) is 0 Å². The zero-order valence-electron chi connectivity index (χ0n) is 23.8. The Morgan fingerprint density at radius 2 is 1.85 bits per heavy atom. The van der Waals surface area contributed by atoms with Crippen molar-refractivity contribution in [3.63, 3.8) is 0 Å². The number of hydrogen-bond acceptors (Lipinski definition) is 7. The van der Waals surface area contributed by atoms with Gasteiger partial charge >= 0.3 is 5.97 Å². The van der Waals surface area contributed by atoms with Crippen LogP contribution in [0.3, 0.4) is 0 Å². The van der Waals surface area contributed by atoms with Crippen molar-refractivity contribution in [3.8, 4) is 0 Å². The molecule has 3 saturated heterocycles. The average Bonchev–Trinajstić information content (AvgIpc) is 3.54. The quantitative estimate of drug-likeness (QED) is 0.142. The van der Waals surface area contributed by atoms with E-state index in [1.807, 2.05) is 24.3 Å². The number of alkyl halides is 1. The topological polar surface area (TPSA) is 90.4 Å². The Balaban J connectivity index is 1.72. The summed E-state index contributed by atoms with van der Waals surface area (Å²) in [5.41, 5.74) is 1.84. The van der Waals surface area contributed by atoms with Crippen LogP contribution in [0.4, 0.5) is 11.4 Å². The van der Waals surface area contributed by atoms with Gasteiger partial charge in [0, 0.05) is 54.2 Å². The first-order valence-electron chi connectivity index (χ1n) is 14.5. The second kappa shape index (κ2) is 13.3. The summed E-state index contributed by atoms with van der Waals surface area (Å²) in [7, 11) is 0.